The molecule has 1 unspecified atom stereocenters. The Morgan fingerprint density at radius 3 is 2.80 bits per heavy atom. The van der Waals surface area contributed by atoms with Crippen LogP contribution in [-0.4, -0.2) is 30.9 Å². The lowest BCUT2D eigenvalue weighted by Crippen LogP contribution is -2.38. The maximum atomic E-state index is 12.3. The van der Waals surface area contributed by atoms with E-state index in [1.807, 2.05) is 0 Å². The Morgan fingerprint density at radius 1 is 1.45 bits per heavy atom. The number of sulfonamides is 1. The molecule has 1 aromatic carbocycles. The monoisotopic (exact) mass is 336 g/mol. The highest BCUT2D eigenvalue weighted by Crippen LogP contribution is 2.27. The molecule has 1 aliphatic rings. The van der Waals surface area contributed by atoms with Crippen LogP contribution < -0.4 is 4.72 Å². The first-order valence-electron chi connectivity index (χ1n) is 5.94. The Labute approximate surface area is 126 Å². The summed E-state index contributed by atoms with van der Waals surface area (Å²) in [7, 11) is -3.85. The van der Waals surface area contributed by atoms with Gasteiger partial charge < -0.3 is 0 Å². The Morgan fingerprint density at radius 2 is 2.20 bits per heavy atom. The lowest BCUT2D eigenvalue weighted by Gasteiger charge is -2.22. The van der Waals surface area contributed by atoms with Crippen molar-refractivity contribution in [1.29, 1.82) is 0 Å². The third-order valence-corrected chi connectivity index (χ3v) is 6.11. The van der Waals surface area contributed by atoms with Crippen molar-refractivity contribution in [2.24, 2.45) is 0 Å². The number of benzene rings is 1. The average Bonchev–Trinajstić information content (AvgIpc) is 2.39. The van der Waals surface area contributed by atoms with Crippen molar-refractivity contribution in [3.05, 3.63) is 33.3 Å². The van der Waals surface area contributed by atoms with Crippen molar-refractivity contribution < 1.29 is 13.3 Å². The molecule has 1 N–H and O–H groups in total. The van der Waals surface area contributed by atoms with Gasteiger partial charge >= 0.3 is 0 Å². The second-order valence-electron chi connectivity index (χ2n) is 4.41. The van der Waals surface area contributed by atoms with Crippen LogP contribution in [0.2, 0.25) is 5.02 Å². The maximum absolute atomic E-state index is 12.3. The molecule has 1 saturated heterocycles. The van der Waals surface area contributed by atoms with Gasteiger partial charge in [0.2, 0.25) is 10.0 Å². The number of rotatable bonds is 4. The van der Waals surface area contributed by atoms with Gasteiger partial charge in [0.15, 0.2) is 0 Å². The lowest BCUT2D eigenvalue weighted by molar-refractivity contribution is -0.385. The number of nitro groups is 1. The van der Waals surface area contributed by atoms with Gasteiger partial charge in [0, 0.05) is 23.9 Å². The van der Waals surface area contributed by atoms with Gasteiger partial charge in [0.1, 0.15) is 4.90 Å². The summed E-state index contributed by atoms with van der Waals surface area (Å²) in [6, 6.07) is 3.23. The Bertz CT molecular complexity index is 615. The topological polar surface area (TPSA) is 89.3 Å². The summed E-state index contributed by atoms with van der Waals surface area (Å²) in [5, 5.41) is 10.7. The Balaban J connectivity index is 2.28. The predicted octanol–water partition coefficient (Wildman–Crippen LogP) is 2.42. The van der Waals surface area contributed by atoms with Crippen molar-refractivity contribution in [2.45, 2.75) is 23.8 Å². The summed E-state index contributed by atoms with van der Waals surface area (Å²) in [4.78, 5) is 9.83. The maximum Gasteiger partial charge on any atom is 0.270 e. The molecule has 0 radical (unpaired) electrons. The number of nitrogens with zero attached hydrogens (tertiary/aromatic N) is 1. The van der Waals surface area contributed by atoms with E-state index in [1.54, 1.807) is 11.8 Å². The van der Waals surface area contributed by atoms with Crippen LogP contribution in [0.3, 0.4) is 0 Å². The molecule has 0 aliphatic carbocycles. The van der Waals surface area contributed by atoms with Crippen molar-refractivity contribution in [3.8, 4) is 0 Å². The molecule has 6 nitrogen and oxygen atoms in total. The molecule has 0 spiro atoms. The standard InChI is InChI=1S/C11H13ClN2O4S2/c12-10-4-3-9(14(15)16)6-11(10)20(17,18)13-8-2-1-5-19-7-8/h3-4,6,8,13H,1-2,5,7H2. The first kappa shape index (κ1) is 15.6. The predicted molar refractivity (Wildman–Crippen MR) is 78.8 cm³/mol. The molecular weight excluding hydrogens is 324 g/mol. The summed E-state index contributed by atoms with van der Waals surface area (Å²) in [5.74, 6) is 1.72. The second kappa shape index (κ2) is 6.30. The SMILES string of the molecule is O=[N+]([O-])c1ccc(Cl)c(S(=O)(=O)NC2CCCSC2)c1. The fraction of sp³-hybridized carbons (Fsp3) is 0.455. The van der Waals surface area contributed by atoms with E-state index in [-0.39, 0.29) is 21.6 Å². The molecule has 1 atom stereocenters. The highest BCUT2D eigenvalue weighted by molar-refractivity contribution is 7.99. The minimum Gasteiger partial charge on any atom is -0.258 e. The van der Waals surface area contributed by atoms with Gasteiger partial charge in [-0.1, -0.05) is 11.6 Å². The number of nitro benzene ring substituents is 1. The summed E-state index contributed by atoms with van der Waals surface area (Å²) in [6.07, 6.45) is 1.71. The minimum absolute atomic E-state index is 0.0217. The fourth-order valence-electron chi connectivity index (χ4n) is 1.93. The van der Waals surface area contributed by atoms with E-state index < -0.39 is 14.9 Å². The molecule has 0 amide bonds. The highest BCUT2D eigenvalue weighted by atomic mass is 35.5. The molecule has 9 heteroatoms. The molecular formula is C11H13ClN2O4S2. The third-order valence-electron chi connectivity index (χ3n) is 2.90. The fourth-order valence-corrected chi connectivity index (χ4v) is 4.90. The third kappa shape index (κ3) is 3.63. The molecule has 1 fully saturated rings. The van der Waals surface area contributed by atoms with Crippen LogP contribution in [0.5, 0.6) is 0 Å². The normalized spacial score (nSPS) is 19.8. The van der Waals surface area contributed by atoms with Crippen LogP contribution in [0.25, 0.3) is 0 Å². The van der Waals surface area contributed by atoms with E-state index in [1.165, 1.54) is 12.1 Å². The van der Waals surface area contributed by atoms with Crippen molar-refractivity contribution in [1.82, 2.24) is 4.72 Å². The van der Waals surface area contributed by atoms with E-state index in [0.717, 1.165) is 24.7 Å². The first-order chi connectivity index (χ1) is 9.40. The summed E-state index contributed by atoms with van der Waals surface area (Å²) < 4.78 is 27.1. The molecule has 0 bridgehead atoms. The van der Waals surface area contributed by atoms with E-state index in [4.69, 9.17) is 11.6 Å². The number of non-ortho nitro benzene ring substituents is 1. The van der Waals surface area contributed by atoms with Gasteiger partial charge in [-0.3, -0.25) is 10.1 Å². The van der Waals surface area contributed by atoms with Gasteiger partial charge in [0.05, 0.1) is 9.95 Å². The molecule has 0 aromatic heterocycles. The van der Waals surface area contributed by atoms with Crippen molar-refractivity contribution >= 4 is 39.1 Å². The van der Waals surface area contributed by atoms with Gasteiger partial charge in [-0.25, -0.2) is 13.1 Å². The zero-order valence-corrected chi connectivity index (χ0v) is 12.8. The average molecular weight is 337 g/mol. The van der Waals surface area contributed by atoms with Gasteiger partial charge in [0.25, 0.3) is 5.69 Å². The van der Waals surface area contributed by atoms with E-state index in [0.29, 0.717) is 5.75 Å². The number of nitrogens with one attached hydrogen (secondary N) is 1. The van der Waals surface area contributed by atoms with E-state index in [2.05, 4.69) is 4.72 Å². The molecule has 1 aromatic rings. The van der Waals surface area contributed by atoms with Crippen LogP contribution in [0.4, 0.5) is 5.69 Å². The van der Waals surface area contributed by atoms with E-state index >= 15 is 0 Å². The molecule has 1 aliphatic heterocycles. The van der Waals surface area contributed by atoms with E-state index in [9.17, 15) is 18.5 Å². The summed E-state index contributed by atoms with van der Waals surface area (Å²) in [6.45, 7) is 0. The van der Waals surface area contributed by atoms with Crippen LogP contribution in [0, 0.1) is 10.1 Å². The minimum atomic E-state index is -3.85. The Hall–Kier alpha value is -0.830. The van der Waals surface area contributed by atoms with Crippen molar-refractivity contribution in [2.75, 3.05) is 11.5 Å². The number of hydrogen-bond donors (Lipinski definition) is 1. The van der Waals surface area contributed by atoms with Crippen LogP contribution in [0.1, 0.15) is 12.8 Å². The smallest absolute Gasteiger partial charge is 0.258 e. The number of halogens is 1. The van der Waals surface area contributed by atoms with Gasteiger partial charge in [-0.15, -0.1) is 0 Å². The highest BCUT2D eigenvalue weighted by Gasteiger charge is 2.25. The summed E-state index contributed by atoms with van der Waals surface area (Å²) in [5.41, 5.74) is -0.298. The van der Waals surface area contributed by atoms with Crippen LogP contribution in [0.15, 0.2) is 23.1 Å². The molecule has 20 heavy (non-hydrogen) atoms. The number of hydrogen-bond acceptors (Lipinski definition) is 5. The largest absolute Gasteiger partial charge is 0.270 e. The lowest BCUT2D eigenvalue weighted by atomic mass is 10.2. The first-order valence-corrected chi connectivity index (χ1v) is 8.96. The van der Waals surface area contributed by atoms with Crippen molar-refractivity contribution in [3.63, 3.8) is 0 Å². The van der Waals surface area contributed by atoms with Crippen LogP contribution >= 0.6 is 23.4 Å². The Kier molecular flexibility index (Phi) is 4.90. The van der Waals surface area contributed by atoms with Gasteiger partial charge in [-0.2, -0.15) is 11.8 Å². The second-order valence-corrected chi connectivity index (χ2v) is 7.65. The zero-order valence-electron chi connectivity index (χ0n) is 10.4. The molecule has 1 heterocycles. The molecule has 2 rings (SSSR count). The van der Waals surface area contributed by atoms with Gasteiger partial charge in [-0.05, 0) is 24.7 Å². The van der Waals surface area contributed by atoms with Crippen LogP contribution in [-0.2, 0) is 10.0 Å². The summed E-state index contributed by atoms with van der Waals surface area (Å²) >= 11 is 7.54. The zero-order chi connectivity index (χ0) is 14.8. The molecule has 0 saturated carbocycles. The molecule has 110 valence electrons. The quantitative estimate of drug-likeness (QED) is 0.673. The number of thioether (sulfide) groups is 1.